The van der Waals surface area contributed by atoms with E-state index in [-0.39, 0.29) is 11.7 Å². The average Bonchev–Trinajstić information content (AvgIpc) is 3.52. The topological polar surface area (TPSA) is 127 Å². The largest absolute Gasteiger partial charge is 0.388 e. The Morgan fingerprint density at radius 1 is 1.00 bits per heavy atom. The third-order valence-corrected chi connectivity index (χ3v) is 7.41. The number of rotatable bonds is 4. The molecule has 1 aliphatic carbocycles. The van der Waals surface area contributed by atoms with Gasteiger partial charge < -0.3 is 5.11 Å². The van der Waals surface area contributed by atoms with Crippen LogP contribution in [-0.4, -0.2) is 38.7 Å². The van der Waals surface area contributed by atoms with Crippen molar-refractivity contribution in [3.05, 3.63) is 112 Å². The van der Waals surface area contributed by atoms with E-state index in [0.717, 1.165) is 16.7 Å². The molecule has 2 atom stereocenters. The molecule has 4 heterocycles. The summed E-state index contributed by atoms with van der Waals surface area (Å²) >= 11 is 0. The van der Waals surface area contributed by atoms with E-state index in [1.807, 2.05) is 36.4 Å². The molecular weight excluding hydrogens is 492 g/mol. The van der Waals surface area contributed by atoms with Gasteiger partial charge in [-0.25, -0.2) is 14.8 Å². The van der Waals surface area contributed by atoms with Gasteiger partial charge >= 0.3 is 5.69 Å². The van der Waals surface area contributed by atoms with Crippen molar-refractivity contribution in [1.82, 2.24) is 33.6 Å². The Morgan fingerprint density at radius 2 is 1.82 bits per heavy atom. The van der Waals surface area contributed by atoms with E-state index < -0.39 is 6.10 Å². The van der Waals surface area contributed by atoms with Gasteiger partial charge in [-0.15, -0.1) is 0 Å². The van der Waals surface area contributed by atoms with E-state index in [2.05, 4.69) is 21.0 Å². The van der Waals surface area contributed by atoms with Crippen molar-refractivity contribution < 1.29 is 5.11 Å². The van der Waals surface area contributed by atoms with Gasteiger partial charge in [0.2, 0.25) is 5.95 Å². The molecule has 0 saturated heterocycles. The van der Waals surface area contributed by atoms with E-state index in [1.165, 1.54) is 0 Å². The molecule has 1 aliphatic rings. The molecule has 0 amide bonds. The highest BCUT2D eigenvalue weighted by molar-refractivity contribution is 5.79. The van der Waals surface area contributed by atoms with E-state index >= 15 is 0 Å². The highest BCUT2D eigenvalue weighted by Crippen LogP contribution is 2.38. The number of hydrogen-bond donors (Lipinski definition) is 1. The lowest BCUT2D eigenvalue weighted by Crippen LogP contribution is -2.31. The molecule has 2 unspecified atom stereocenters. The first-order valence-corrected chi connectivity index (χ1v) is 12.6. The number of aliphatic hydroxyl groups excluding tert-OH is 1. The van der Waals surface area contributed by atoms with E-state index in [4.69, 9.17) is 4.98 Å². The predicted octanol–water partition coefficient (Wildman–Crippen LogP) is 3.66. The Labute approximate surface area is 222 Å². The van der Waals surface area contributed by atoms with Gasteiger partial charge in [0, 0.05) is 12.4 Å². The monoisotopic (exact) mass is 514 g/mol. The fraction of sp³-hybridized carbons (Fsp3) is 0.172. The van der Waals surface area contributed by atoms with Crippen LogP contribution in [0.3, 0.4) is 0 Å². The number of imidazole rings is 2. The molecule has 0 saturated carbocycles. The van der Waals surface area contributed by atoms with Crippen LogP contribution in [-0.2, 0) is 6.54 Å². The van der Waals surface area contributed by atoms with Crippen LogP contribution in [0.5, 0.6) is 0 Å². The molecule has 4 aromatic heterocycles. The predicted molar refractivity (Wildman–Crippen MR) is 143 cm³/mol. The minimum absolute atomic E-state index is 0.202. The van der Waals surface area contributed by atoms with Crippen molar-refractivity contribution >= 4 is 22.2 Å². The third-order valence-electron chi connectivity index (χ3n) is 7.41. The number of aromatic nitrogens is 7. The van der Waals surface area contributed by atoms with E-state index in [0.29, 0.717) is 53.1 Å². The molecule has 39 heavy (non-hydrogen) atoms. The van der Waals surface area contributed by atoms with Crippen molar-refractivity contribution in [2.75, 3.05) is 0 Å². The number of fused-ring (bicyclic) bond motifs is 3. The van der Waals surface area contributed by atoms with Crippen LogP contribution in [0.25, 0.3) is 28.1 Å². The summed E-state index contributed by atoms with van der Waals surface area (Å²) in [5.74, 6) is 0.346. The first-order valence-electron chi connectivity index (χ1n) is 12.6. The number of aliphatic hydroxyl groups is 1. The second-order valence-corrected chi connectivity index (χ2v) is 9.64. The fourth-order valence-electron chi connectivity index (χ4n) is 5.52. The maximum absolute atomic E-state index is 14.1. The van der Waals surface area contributed by atoms with Gasteiger partial charge in [-0.1, -0.05) is 24.3 Å². The lowest BCUT2D eigenvalue weighted by Gasteiger charge is -2.29. The molecule has 0 bridgehead atoms. The average molecular weight is 515 g/mol. The summed E-state index contributed by atoms with van der Waals surface area (Å²) in [7, 11) is 0. The summed E-state index contributed by atoms with van der Waals surface area (Å²) in [6.45, 7) is 0.337. The van der Waals surface area contributed by atoms with Gasteiger partial charge in [0.1, 0.15) is 11.8 Å². The summed E-state index contributed by atoms with van der Waals surface area (Å²) in [4.78, 5) is 32.2. The minimum Gasteiger partial charge on any atom is -0.388 e. The highest BCUT2D eigenvalue weighted by Gasteiger charge is 2.31. The number of benzene rings is 2. The summed E-state index contributed by atoms with van der Waals surface area (Å²) < 4.78 is 5.14. The van der Waals surface area contributed by atoms with E-state index in [1.54, 1.807) is 56.8 Å². The van der Waals surface area contributed by atoms with E-state index in [9.17, 15) is 15.2 Å². The van der Waals surface area contributed by atoms with Gasteiger partial charge in [-0.05, 0) is 59.9 Å². The van der Waals surface area contributed by atoms with Crippen LogP contribution < -0.4 is 5.69 Å². The Hall–Kier alpha value is -5.14. The zero-order valence-corrected chi connectivity index (χ0v) is 20.7. The normalized spacial score (nSPS) is 16.8. The second kappa shape index (κ2) is 9.01. The van der Waals surface area contributed by atoms with Gasteiger partial charge in [-0.3, -0.25) is 18.7 Å². The smallest absolute Gasteiger partial charge is 0.331 e. The quantitative estimate of drug-likeness (QED) is 0.380. The van der Waals surface area contributed by atoms with Crippen LogP contribution in [0.1, 0.15) is 47.2 Å². The maximum Gasteiger partial charge on any atom is 0.331 e. The van der Waals surface area contributed by atoms with Crippen LogP contribution in [0, 0.1) is 11.3 Å². The number of nitrogens with zero attached hydrogens (tertiary/aromatic N) is 8. The molecule has 0 aliphatic heterocycles. The van der Waals surface area contributed by atoms with Crippen molar-refractivity contribution in [3.63, 3.8) is 0 Å². The van der Waals surface area contributed by atoms with Crippen LogP contribution in [0.15, 0.2) is 84.3 Å². The zero-order chi connectivity index (χ0) is 26.5. The Bertz CT molecular complexity index is 1970. The highest BCUT2D eigenvalue weighted by atomic mass is 16.3. The van der Waals surface area contributed by atoms with Crippen LogP contribution >= 0.6 is 0 Å². The molecule has 0 radical (unpaired) electrons. The summed E-state index contributed by atoms with van der Waals surface area (Å²) in [6.07, 6.45) is 7.24. The molecular formula is C29H22N8O2. The third kappa shape index (κ3) is 3.71. The number of nitriles is 1. The standard InChI is InChI=1S/C29H22N8O2/c30-14-19-5-6-22-24(13-19)36(17-33-22)28-32-15-25-27(34-28)37(29(39)35(25)16-18-9-11-31-12-10-18)23-7-8-26(38)21-4-2-1-3-20(21)23/h1-6,9-13,15,17,23,26,38H,7-8,16H2. The Balaban J connectivity index is 1.47. The molecule has 6 aromatic rings. The fourth-order valence-corrected chi connectivity index (χ4v) is 5.52. The zero-order valence-electron chi connectivity index (χ0n) is 20.7. The lowest BCUT2D eigenvalue weighted by atomic mass is 9.85. The van der Waals surface area contributed by atoms with Gasteiger partial charge in [-0.2, -0.15) is 10.2 Å². The van der Waals surface area contributed by atoms with Crippen LogP contribution in [0.2, 0.25) is 0 Å². The number of hydrogen-bond acceptors (Lipinski definition) is 7. The summed E-state index contributed by atoms with van der Waals surface area (Å²) in [5.41, 5.74) is 5.47. The Morgan fingerprint density at radius 3 is 2.64 bits per heavy atom. The lowest BCUT2D eigenvalue weighted by molar-refractivity contribution is 0.147. The summed E-state index contributed by atoms with van der Waals surface area (Å²) in [5, 5.41) is 20.1. The second-order valence-electron chi connectivity index (χ2n) is 9.64. The van der Waals surface area contributed by atoms with Gasteiger partial charge in [0.25, 0.3) is 0 Å². The first-order chi connectivity index (χ1) is 19.1. The SMILES string of the molecule is N#Cc1ccc2ncn(-c3ncc4c(n3)n(C3CCC(O)c5ccccc53)c(=O)n4Cc3ccncc3)c2c1. The van der Waals surface area contributed by atoms with Crippen LogP contribution in [0.4, 0.5) is 0 Å². The maximum atomic E-state index is 14.1. The molecule has 10 heteroatoms. The molecule has 190 valence electrons. The molecule has 10 nitrogen and oxygen atoms in total. The molecule has 2 aromatic carbocycles. The first kappa shape index (κ1) is 23.0. The van der Waals surface area contributed by atoms with Crippen molar-refractivity contribution in [2.45, 2.75) is 31.5 Å². The molecule has 1 N–H and O–H groups in total. The molecule has 0 fully saturated rings. The molecule has 0 spiro atoms. The Kier molecular flexibility index (Phi) is 5.31. The van der Waals surface area contributed by atoms with Gasteiger partial charge in [0.15, 0.2) is 5.65 Å². The van der Waals surface area contributed by atoms with Crippen molar-refractivity contribution in [2.24, 2.45) is 0 Å². The summed E-state index contributed by atoms with van der Waals surface area (Å²) in [6, 6.07) is 18.6. The van der Waals surface area contributed by atoms with Crippen molar-refractivity contribution in [1.29, 1.82) is 5.26 Å². The number of pyridine rings is 1. The van der Waals surface area contributed by atoms with Gasteiger partial charge in [0.05, 0.1) is 47.6 Å². The van der Waals surface area contributed by atoms with Crippen molar-refractivity contribution in [3.8, 4) is 12.0 Å². The molecule has 7 rings (SSSR count). The minimum atomic E-state index is -0.574.